The van der Waals surface area contributed by atoms with Crippen LogP contribution in [0.2, 0.25) is 0 Å². The maximum absolute atomic E-state index is 4.21. The largest absolute Gasteiger partial charge is 0.309 e. The molecule has 4 nitrogen and oxygen atoms in total. The van der Waals surface area contributed by atoms with Crippen LogP contribution < -0.4 is 5.32 Å². The molecule has 0 saturated heterocycles. The lowest BCUT2D eigenvalue weighted by molar-refractivity contribution is 0.692. The Morgan fingerprint density at radius 2 is 1.55 bits per heavy atom. The summed E-state index contributed by atoms with van der Waals surface area (Å²) in [4.78, 5) is 4.01. The molecule has 2 heterocycles. The molecular weight excluding hydrogens is 248 g/mol. The topological polar surface area (TPSA) is 42.7 Å². The Bertz CT molecular complexity index is 630. The zero-order valence-electron chi connectivity index (χ0n) is 11.1. The molecule has 0 spiro atoms. The number of benzene rings is 1. The Morgan fingerprint density at radius 3 is 2.20 bits per heavy atom. The van der Waals surface area contributed by atoms with Gasteiger partial charge in [-0.3, -0.25) is 4.98 Å². The van der Waals surface area contributed by atoms with E-state index in [1.807, 2.05) is 41.5 Å². The molecular formula is C16H16N4. The Labute approximate surface area is 118 Å². The Balaban J connectivity index is 1.56. The van der Waals surface area contributed by atoms with Gasteiger partial charge in [-0.05, 0) is 41.5 Å². The van der Waals surface area contributed by atoms with Gasteiger partial charge in [0.1, 0.15) is 0 Å². The molecule has 0 unspecified atom stereocenters. The lowest BCUT2D eigenvalue weighted by Crippen LogP contribution is -2.12. The van der Waals surface area contributed by atoms with Crippen molar-refractivity contribution in [1.82, 2.24) is 20.1 Å². The fraction of sp³-hybridized carbons (Fsp3) is 0.125. The number of pyridine rings is 1. The van der Waals surface area contributed by atoms with Crippen LogP contribution in [0.4, 0.5) is 0 Å². The number of nitrogens with one attached hydrogen (secondary N) is 1. The summed E-state index contributed by atoms with van der Waals surface area (Å²) < 4.78 is 1.86. The van der Waals surface area contributed by atoms with Crippen LogP contribution in [0.25, 0.3) is 5.69 Å². The first kappa shape index (κ1) is 12.6. The molecule has 0 aliphatic carbocycles. The van der Waals surface area contributed by atoms with Crippen LogP contribution >= 0.6 is 0 Å². The SMILES string of the molecule is c1cnn(-c2ccc(CNCc3ccncc3)cc2)c1. The fourth-order valence-electron chi connectivity index (χ4n) is 2.04. The standard InChI is InChI=1S/C16H16N4/c1-8-19-20(11-1)16-4-2-14(3-5-16)12-18-13-15-6-9-17-10-7-15/h1-11,18H,12-13H2. The highest BCUT2D eigenvalue weighted by molar-refractivity contribution is 5.33. The average Bonchev–Trinajstić information content (AvgIpc) is 3.03. The summed E-state index contributed by atoms with van der Waals surface area (Å²) in [6.45, 7) is 1.70. The van der Waals surface area contributed by atoms with Gasteiger partial charge in [0.05, 0.1) is 5.69 Å². The molecule has 3 rings (SSSR count). The van der Waals surface area contributed by atoms with Gasteiger partial charge in [-0.15, -0.1) is 0 Å². The minimum Gasteiger partial charge on any atom is -0.309 e. The molecule has 0 radical (unpaired) electrons. The van der Waals surface area contributed by atoms with Gasteiger partial charge in [-0.25, -0.2) is 4.68 Å². The van der Waals surface area contributed by atoms with Crippen LogP contribution in [-0.4, -0.2) is 14.8 Å². The number of rotatable bonds is 5. The monoisotopic (exact) mass is 264 g/mol. The van der Waals surface area contributed by atoms with Crippen molar-refractivity contribution in [3.8, 4) is 5.69 Å². The van der Waals surface area contributed by atoms with Gasteiger partial charge < -0.3 is 5.32 Å². The molecule has 0 amide bonds. The number of aromatic nitrogens is 3. The second-order valence-electron chi connectivity index (χ2n) is 4.58. The van der Waals surface area contributed by atoms with Crippen molar-refractivity contribution in [3.05, 3.63) is 78.4 Å². The molecule has 4 heteroatoms. The van der Waals surface area contributed by atoms with Crippen LogP contribution in [-0.2, 0) is 13.1 Å². The van der Waals surface area contributed by atoms with Crippen LogP contribution in [0.3, 0.4) is 0 Å². The van der Waals surface area contributed by atoms with E-state index in [0.29, 0.717) is 0 Å². The summed E-state index contributed by atoms with van der Waals surface area (Å²) in [5, 5.41) is 7.64. The highest BCUT2D eigenvalue weighted by Gasteiger charge is 1.97. The maximum Gasteiger partial charge on any atom is 0.0645 e. The van der Waals surface area contributed by atoms with Crippen molar-refractivity contribution in [2.75, 3.05) is 0 Å². The number of hydrogen-bond acceptors (Lipinski definition) is 3. The highest BCUT2D eigenvalue weighted by Crippen LogP contribution is 2.08. The molecule has 3 aromatic rings. The van der Waals surface area contributed by atoms with E-state index in [1.54, 1.807) is 6.20 Å². The summed E-state index contributed by atoms with van der Waals surface area (Å²) in [5.74, 6) is 0. The second kappa shape index (κ2) is 6.12. The molecule has 1 N–H and O–H groups in total. The fourth-order valence-corrected chi connectivity index (χ4v) is 2.04. The highest BCUT2D eigenvalue weighted by atomic mass is 15.3. The third-order valence-electron chi connectivity index (χ3n) is 3.11. The van der Waals surface area contributed by atoms with Crippen LogP contribution in [0.1, 0.15) is 11.1 Å². The minimum absolute atomic E-state index is 0.849. The van der Waals surface area contributed by atoms with Crippen molar-refractivity contribution in [1.29, 1.82) is 0 Å². The van der Waals surface area contributed by atoms with E-state index in [0.717, 1.165) is 18.8 Å². The number of nitrogens with zero attached hydrogens (tertiary/aromatic N) is 3. The second-order valence-corrected chi connectivity index (χ2v) is 4.58. The van der Waals surface area contributed by atoms with Crippen LogP contribution in [0.15, 0.2) is 67.3 Å². The molecule has 20 heavy (non-hydrogen) atoms. The molecule has 1 aromatic carbocycles. The molecule has 0 atom stereocenters. The Hall–Kier alpha value is -2.46. The third-order valence-corrected chi connectivity index (χ3v) is 3.11. The first-order valence-electron chi connectivity index (χ1n) is 6.60. The molecule has 0 bridgehead atoms. The van der Waals surface area contributed by atoms with Crippen LogP contribution in [0, 0.1) is 0 Å². The smallest absolute Gasteiger partial charge is 0.0645 e. The van der Waals surface area contributed by atoms with Crippen molar-refractivity contribution in [2.24, 2.45) is 0 Å². The molecule has 0 fully saturated rings. The van der Waals surface area contributed by atoms with Gasteiger partial charge in [-0.1, -0.05) is 12.1 Å². The van der Waals surface area contributed by atoms with E-state index in [1.165, 1.54) is 11.1 Å². The van der Waals surface area contributed by atoms with E-state index < -0.39 is 0 Å². The Kier molecular flexibility index (Phi) is 3.85. The zero-order valence-corrected chi connectivity index (χ0v) is 11.1. The zero-order chi connectivity index (χ0) is 13.6. The van der Waals surface area contributed by atoms with Gasteiger partial charge in [-0.2, -0.15) is 5.10 Å². The van der Waals surface area contributed by atoms with E-state index in [2.05, 4.69) is 39.7 Å². The summed E-state index contributed by atoms with van der Waals surface area (Å²) in [7, 11) is 0. The van der Waals surface area contributed by atoms with Crippen molar-refractivity contribution >= 4 is 0 Å². The van der Waals surface area contributed by atoms with Gasteiger partial charge in [0.2, 0.25) is 0 Å². The third kappa shape index (κ3) is 3.10. The van der Waals surface area contributed by atoms with Crippen molar-refractivity contribution in [2.45, 2.75) is 13.1 Å². The lowest BCUT2D eigenvalue weighted by atomic mass is 10.2. The predicted octanol–water partition coefficient (Wildman–Crippen LogP) is 2.56. The van der Waals surface area contributed by atoms with E-state index in [9.17, 15) is 0 Å². The van der Waals surface area contributed by atoms with Gasteiger partial charge in [0.15, 0.2) is 0 Å². The molecule has 2 aromatic heterocycles. The van der Waals surface area contributed by atoms with Gasteiger partial charge in [0.25, 0.3) is 0 Å². The molecule has 0 aliphatic heterocycles. The molecule has 100 valence electrons. The van der Waals surface area contributed by atoms with E-state index >= 15 is 0 Å². The summed E-state index contributed by atoms with van der Waals surface area (Å²) in [5.41, 5.74) is 3.58. The first-order chi connectivity index (χ1) is 9.92. The Morgan fingerprint density at radius 1 is 0.850 bits per heavy atom. The van der Waals surface area contributed by atoms with E-state index in [-0.39, 0.29) is 0 Å². The summed E-state index contributed by atoms with van der Waals surface area (Å²) >= 11 is 0. The first-order valence-corrected chi connectivity index (χ1v) is 6.60. The minimum atomic E-state index is 0.849. The quantitative estimate of drug-likeness (QED) is 0.770. The molecule has 0 aliphatic rings. The predicted molar refractivity (Wildman–Crippen MR) is 78.3 cm³/mol. The van der Waals surface area contributed by atoms with Crippen molar-refractivity contribution in [3.63, 3.8) is 0 Å². The van der Waals surface area contributed by atoms with Crippen molar-refractivity contribution < 1.29 is 0 Å². The van der Waals surface area contributed by atoms with E-state index in [4.69, 9.17) is 0 Å². The van der Waals surface area contributed by atoms with Crippen LogP contribution in [0.5, 0.6) is 0 Å². The van der Waals surface area contributed by atoms with Gasteiger partial charge >= 0.3 is 0 Å². The van der Waals surface area contributed by atoms with Gasteiger partial charge in [0, 0.05) is 37.9 Å². The normalized spacial score (nSPS) is 10.6. The average molecular weight is 264 g/mol. The summed E-state index contributed by atoms with van der Waals surface area (Å²) in [6, 6.07) is 14.4. The maximum atomic E-state index is 4.21. The summed E-state index contributed by atoms with van der Waals surface area (Å²) in [6.07, 6.45) is 7.35. The lowest BCUT2D eigenvalue weighted by Gasteiger charge is -2.06. The molecule has 0 saturated carbocycles. The number of hydrogen-bond donors (Lipinski definition) is 1.